The predicted octanol–water partition coefficient (Wildman–Crippen LogP) is 2.50. The van der Waals surface area contributed by atoms with Crippen LogP contribution in [0.2, 0.25) is 0 Å². The molecule has 13 rings (SSSR count). The Labute approximate surface area is 524 Å². The Morgan fingerprint density at radius 2 is 1.41 bits per heavy atom. The molecular weight excluding hydrogens is 1180 g/mol. The summed E-state index contributed by atoms with van der Waals surface area (Å²) in [5.41, 5.74) is 3.68. The molecule has 8 heterocycles. The van der Waals surface area contributed by atoms with Crippen LogP contribution in [0.4, 0.5) is 4.79 Å². The molecule has 0 spiro atoms. The second-order valence-electron chi connectivity index (χ2n) is 24.4. The van der Waals surface area contributed by atoms with Gasteiger partial charge in [-0.1, -0.05) is 116 Å². The van der Waals surface area contributed by atoms with E-state index < -0.39 is 88.9 Å². The number of esters is 1. The predicted molar refractivity (Wildman–Crippen MR) is 325 cm³/mol. The van der Waals surface area contributed by atoms with Crippen LogP contribution in [-0.2, 0) is 66.1 Å². The number of aliphatic carboxylic acids is 2. The van der Waals surface area contributed by atoms with E-state index in [0.717, 1.165) is 47.0 Å². The maximum Gasteiger partial charge on any atom is 0.335 e. The molecule has 25 heteroatoms. The van der Waals surface area contributed by atoms with Gasteiger partial charge in [0.05, 0.1) is 12.5 Å². The number of carbonyl (C=O) groups excluding carboxylic acids is 7. The lowest BCUT2D eigenvalue weighted by atomic mass is 9.75. The fourth-order valence-electron chi connectivity index (χ4n) is 14.2. The number of piperidine rings is 1. The summed E-state index contributed by atoms with van der Waals surface area (Å²) in [6, 6.07) is 32.5. The van der Waals surface area contributed by atoms with E-state index in [1.165, 1.54) is 35.6 Å². The Hall–Kier alpha value is -8.69. The Bertz CT molecular complexity index is 3570. The van der Waals surface area contributed by atoms with Gasteiger partial charge in [-0.3, -0.25) is 53.9 Å². The van der Waals surface area contributed by atoms with Gasteiger partial charge in [-0.15, -0.1) is 0 Å². The van der Waals surface area contributed by atoms with Crippen LogP contribution in [0.3, 0.4) is 0 Å². The largest absolute Gasteiger partial charge is 0.479 e. The van der Waals surface area contributed by atoms with Crippen molar-refractivity contribution in [2.24, 2.45) is 5.92 Å². The fraction of sp³-hybridized carbons (Fsp3) is 0.439. The van der Waals surface area contributed by atoms with Crippen molar-refractivity contribution in [3.8, 4) is 0 Å². The highest BCUT2D eigenvalue weighted by Gasteiger charge is 2.70. The quantitative estimate of drug-likeness (QED) is 0.0598. The summed E-state index contributed by atoms with van der Waals surface area (Å²) in [4.78, 5) is 120. The van der Waals surface area contributed by atoms with Gasteiger partial charge in [0.1, 0.15) is 24.1 Å². The van der Waals surface area contributed by atoms with Gasteiger partial charge in [0.15, 0.2) is 17.6 Å². The first-order valence-corrected chi connectivity index (χ1v) is 30.5. The van der Waals surface area contributed by atoms with Crippen LogP contribution in [0, 0.1) is 5.92 Å². The van der Waals surface area contributed by atoms with E-state index in [1.807, 2.05) is 79.9 Å². The van der Waals surface area contributed by atoms with Crippen LogP contribution >= 0.6 is 0 Å². The number of fused-ring (bicyclic) bond motifs is 7. The number of benzene rings is 4. The van der Waals surface area contributed by atoms with Gasteiger partial charge in [0.2, 0.25) is 29.4 Å². The number of hydrogen-bond donors (Lipinski definition) is 10. The van der Waals surface area contributed by atoms with Crippen molar-refractivity contribution in [1.82, 2.24) is 40.5 Å². The van der Waals surface area contributed by atoms with Crippen molar-refractivity contribution in [2.75, 3.05) is 33.8 Å². The number of aliphatic hydroxyl groups excluding tert-OH is 3. The number of carboxylic acid groups (broad SMARTS) is 2. The van der Waals surface area contributed by atoms with Crippen LogP contribution in [0.1, 0.15) is 92.5 Å². The minimum atomic E-state index is -2.27. The number of H-pyrrole nitrogens is 1. The molecule has 1 aliphatic carbocycles. The SMILES string of the molecule is CCC1(c2ccccc2)C(=O)NC(=O)NC1=O.CN1C2CCC1CC(OC(=O)C(CO)c1ccccc1)C2.CN1C[C@H](C(=O)N[C@]2(C)O[C@@]3(O)[C@@H]4CCCN4C(=O)[C@H](Cc4ccccc4)N3C2=O)C=C2c3cccc4[nH]cc(c34)C[C@H]21.O=C(O)C(O)C(O)C(=O)O. The van der Waals surface area contributed by atoms with Gasteiger partial charge >= 0.3 is 23.9 Å². The molecule has 11 atom stereocenters. The number of aliphatic hydroxyl groups is 4. The van der Waals surface area contributed by atoms with E-state index in [-0.39, 0.29) is 43.0 Å². The van der Waals surface area contributed by atoms with Crippen LogP contribution in [-0.4, -0.2) is 203 Å². The number of urea groups is 1. The first-order chi connectivity index (χ1) is 43.4. The number of aromatic amines is 1. The van der Waals surface area contributed by atoms with Gasteiger partial charge in [0.25, 0.3) is 11.8 Å². The molecule has 5 unspecified atom stereocenters. The van der Waals surface area contributed by atoms with E-state index in [2.05, 4.69) is 56.1 Å². The Kier molecular flexibility index (Phi) is 19.1. The normalized spacial score (nSPS) is 27.9. The van der Waals surface area contributed by atoms with Crippen molar-refractivity contribution in [3.63, 3.8) is 0 Å². The molecule has 7 amide bonds. The number of barbiturate groups is 1. The standard InChI is InChI=1S/C33H35N5O5.C17H23NO3.C12H12N2O3.C4H6O6/c1-32(35-29(39)21-15-23-22-10-6-11-24-28(22)20(17-34-24)16-25(23)36(2)18-21)31(41)38-26(14-19-8-4-3-5-9-19)30(40)37-13-7-12-27(37)33(38,42)43-32;1-18-13-7-8-14(18)10-15(9-13)21-17(20)16(11-19)12-5-3-2-4-6-12;1-2-12(8-6-4-3-5-7-8)9(15)13-11(17)14-10(12)16;5-1(3(7)8)2(6)4(9)10/h3-6,8-11,15,17,21,25-27,34,42H,7,12-14,16,18H2,1-2H3,(H,35,39);2-6,13-16,19H,7-11H2,1H3;3-7H,2H2,1H3,(H2,13,14,15,16,17);1-2,5-6H,(H,7,8)(H,9,10)/t21-,25-,26+,27+,32-,33+;;;/m1.../s1. The van der Waals surface area contributed by atoms with E-state index in [4.69, 9.17) is 29.9 Å². The van der Waals surface area contributed by atoms with Crippen LogP contribution in [0.25, 0.3) is 16.5 Å². The van der Waals surface area contributed by atoms with Gasteiger partial charge in [-0.2, -0.15) is 0 Å². The number of piperazine rings is 1. The molecule has 6 fully saturated rings. The number of hydrogen-bond acceptors (Lipinski definition) is 17. The Morgan fingerprint density at radius 3 is 2.00 bits per heavy atom. The average molecular weight is 1250 g/mol. The van der Waals surface area contributed by atoms with Crippen molar-refractivity contribution in [1.29, 1.82) is 0 Å². The zero-order valence-electron chi connectivity index (χ0n) is 50.8. The summed E-state index contributed by atoms with van der Waals surface area (Å²) in [6.07, 6.45) is 6.40. The molecule has 4 aromatic carbocycles. The second-order valence-corrected chi connectivity index (χ2v) is 24.4. The summed E-state index contributed by atoms with van der Waals surface area (Å²) < 4.78 is 11.9. The van der Waals surface area contributed by atoms with E-state index in [1.54, 1.807) is 42.2 Å². The molecule has 8 aliphatic rings. The third kappa shape index (κ3) is 12.6. The molecule has 0 saturated carbocycles. The molecule has 1 aromatic heterocycles. The highest BCUT2D eigenvalue weighted by Crippen LogP contribution is 2.47. The highest BCUT2D eigenvalue weighted by atomic mass is 16.7. The molecule has 6 saturated heterocycles. The topological polar surface area (TPSA) is 358 Å². The van der Waals surface area contributed by atoms with Crippen LogP contribution in [0.5, 0.6) is 0 Å². The van der Waals surface area contributed by atoms with E-state index in [0.29, 0.717) is 50.0 Å². The molecule has 7 aliphatic heterocycles. The van der Waals surface area contributed by atoms with Gasteiger partial charge in [-0.05, 0) is 112 Å². The lowest BCUT2D eigenvalue weighted by Crippen LogP contribution is -2.71. The molecule has 91 heavy (non-hydrogen) atoms. The first-order valence-electron chi connectivity index (χ1n) is 30.5. The molecule has 10 N–H and O–H groups in total. The minimum absolute atomic E-state index is 0.00367. The number of ether oxygens (including phenoxy) is 2. The smallest absolute Gasteiger partial charge is 0.335 e. The summed E-state index contributed by atoms with van der Waals surface area (Å²) >= 11 is 0. The number of likely N-dealkylation sites (N-methyl/N-ethyl adjacent to an activating group) is 1. The number of rotatable bonds is 13. The number of amides is 7. The van der Waals surface area contributed by atoms with Gasteiger partial charge in [-0.25, -0.2) is 14.4 Å². The summed E-state index contributed by atoms with van der Waals surface area (Å²) in [6.45, 7) is 3.98. The molecule has 5 aromatic rings. The molecule has 25 nitrogen and oxygen atoms in total. The summed E-state index contributed by atoms with van der Waals surface area (Å²) in [7, 11) is 4.19. The zero-order valence-corrected chi connectivity index (χ0v) is 50.8. The number of nitrogens with one attached hydrogen (secondary N) is 4. The lowest BCUT2D eigenvalue weighted by molar-refractivity contribution is -0.315. The van der Waals surface area contributed by atoms with Crippen molar-refractivity contribution in [2.45, 2.75) is 143 Å². The molecule has 482 valence electrons. The second kappa shape index (κ2) is 26.6. The van der Waals surface area contributed by atoms with Crippen molar-refractivity contribution < 1.29 is 83.3 Å². The Morgan fingerprint density at radius 1 is 0.802 bits per heavy atom. The lowest BCUT2D eigenvalue weighted by Gasteiger charge is -2.48. The maximum absolute atomic E-state index is 14.2. The minimum Gasteiger partial charge on any atom is -0.479 e. The van der Waals surface area contributed by atoms with Crippen molar-refractivity contribution in [3.05, 3.63) is 149 Å². The maximum atomic E-state index is 14.2. The first kappa shape index (κ1) is 65.3. The van der Waals surface area contributed by atoms with Gasteiger partial charge in [0, 0.05) is 54.7 Å². The number of aromatic nitrogens is 1. The third-order valence-electron chi connectivity index (χ3n) is 19.0. The Balaban J connectivity index is 0.000000157. The highest BCUT2D eigenvalue weighted by molar-refractivity contribution is 6.23. The number of carboxylic acids is 2. The fourth-order valence-corrected chi connectivity index (χ4v) is 14.2. The van der Waals surface area contributed by atoms with Crippen LogP contribution in [0.15, 0.2) is 121 Å². The number of carbonyl (C=O) groups is 9. The van der Waals surface area contributed by atoms with E-state index in [9.17, 15) is 53.4 Å². The molecule has 2 bridgehead atoms. The van der Waals surface area contributed by atoms with E-state index >= 15 is 0 Å². The summed E-state index contributed by atoms with van der Waals surface area (Å²) in [5, 5.41) is 62.4. The number of nitrogens with zero attached hydrogens (tertiary/aromatic N) is 4. The average Bonchev–Trinajstić information content (AvgIpc) is 1.55. The molecule has 0 radical (unpaired) electrons. The number of imide groups is 2. The van der Waals surface area contributed by atoms with Crippen molar-refractivity contribution >= 4 is 70.0 Å². The van der Waals surface area contributed by atoms with Crippen LogP contribution < -0.4 is 16.0 Å². The zero-order chi connectivity index (χ0) is 65.3. The molecular formula is C66H76N8O17. The van der Waals surface area contributed by atoms with Gasteiger partial charge < -0.3 is 55.5 Å². The third-order valence-corrected chi connectivity index (χ3v) is 19.0. The summed E-state index contributed by atoms with van der Waals surface area (Å²) in [5.74, 6) is -9.30. The monoisotopic (exact) mass is 1250 g/mol.